The Hall–Kier alpha value is -1.42. The molecule has 0 aromatic heterocycles. The van der Waals surface area contributed by atoms with E-state index < -0.39 is 0 Å². The molecule has 94 valence electrons. The minimum absolute atomic E-state index is 0.101. The van der Waals surface area contributed by atoms with Gasteiger partial charge >= 0.3 is 0 Å². The average molecular weight is 238 g/mol. The predicted octanol–water partition coefficient (Wildman–Crippen LogP) is 1.64. The summed E-state index contributed by atoms with van der Waals surface area (Å²) in [4.78, 5) is 11.8. The molecule has 0 saturated carbocycles. The number of carbonyl (C=O) groups is 1. The van der Waals surface area contributed by atoms with Gasteiger partial charge in [0.1, 0.15) is 5.82 Å². The standard InChI is InChI=1S/C13H19FN2O/c1-9(7-15)8-16-13(17)10(2)11-4-3-5-12(14)6-11/h3-6,9-10H,7-8,15H2,1-2H3,(H,16,17). The molecule has 1 rings (SSSR count). The van der Waals surface area contributed by atoms with E-state index in [4.69, 9.17) is 5.73 Å². The minimum Gasteiger partial charge on any atom is -0.355 e. The molecule has 0 aliphatic heterocycles. The normalized spacial score (nSPS) is 14.1. The number of benzene rings is 1. The van der Waals surface area contributed by atoms with Crippen molar-refractivity contribution in [3.05, 3.63) is 35.6 Å². The van der Waals surface area contributed by atoms with Crippen LogP contribution in [0.25, 0.3) is 0 Å². The van der Waals surface area contributed by atoms with Gasteiger partial charge in [0.25, 0.3) is 0 Å². The smallest absolute Gasteiger partial charge is 0.227 e. The van der Waals surface area contributed by atoms with Crippen molar-refractivity contribution in [3.8, 4) is 0 Å². The first-order valence-corrected chi connectivity index (χ1v) is 5.77. The fourth-order valence-electron chi connectivity index (χ4n) is 1.44. The first-order chi connectivity index (χ1) is 8.04. The van der Waals surface area contributed by atoms with Gasteiger partial charge in [-0.2, -0.15) is 0 Å². The van der Waals surface area contributed by atoms with Gasteiger partial charge in [0.2, 0.25) is 5.91 Å². The van der Waals surface area contributed by atoms with E-state index in [2.05, 4.69) is 5.32 Å². The Morgan fingerprint density at radius 3 is 2.76 bits per heavy atom. The van der Waals surface area contributed by atoms with Crippen molar-refractivity contribution in [3.63, 3.8) is 0 Å². The van der Waals surface area contributed by atoms with Gasteiger partial charge in [-0.25, -0.2) is 4.39 Å². The quantitative estimate of drug-likeness (QED) is 0.819. The fourth-order valence-corrected chi connectivity index (χ4v) is 1.44. The summed E-state index contributed by atoms with van der Waals surface area (Å²) in [5.74, 6) is -0.525. The molecule has 0 aliphatic carbocycles. The number of nitrogens with two attached hydrogens (primary N) is 1. The van der Waals surface area contributed by atoms with Crippen LogP contribution in [0.15, 0.2) is 24.3 Å². The van der Waals surface area contributed by atoms with E-state index >= 15 is 0 Å². The molecule has 0 fully saturated rings. The lowest BCUT2D eigenvalue weighted by Crippen LogP contribution is -2.33. The van der Waals surface area contributed by atoms with E-state index in [1.165, 1.54) is 12.1 Å². The van der Waals surface area contributed by atoms with Crippen LogP contribution in [0.4, 0.5) is 4.39 Å². The molecule has 0 bridgehead atoms. The Kier molecular flexibility index (Phi) is 5.10. The monoisotopic (exact) mass is 238 g/mol. The molecule has 4 heteroatoms. The largest absolute Gasteiger partial charge is 0.355 e. The van der Waals surface area contributed by atoms with Crippen LogP contribution in [0.2, 0.25) is 0 Å². The number of halogens is 1. The van der Waals surface area contributed by atoms with Gasteiger partial charge in [0.05, 0.1) is 5.92 Å². The second kappa shape index (κ2) is 6.35. The van der Waals surface area contributed by atoms with E-state index in [1.54, 1.807) is 19.1 Å². The molecule has 2 unspecified atom stereocenters. The molecule has 3 N–H and O–H groups in total. The van der Waals surface area contributed by atoms with Crippen LogP contribution < -0.4 is 11.1 Å². The Morgan fingerprint density at radius 1 is 1.47 bits per heavy atom. The zero-order valence-electron chi connectivity index (χ0n) is 10.2. The lowest BCUT2D eigenvalue weighted by Gasteiger charge is -2.15. The molecule has 3 nitrogen and oxygen atoms in total. The van der Waals surface area contributed by atoms with Crippen LogP contribution in [-0.2, 0) is 4.79 Å². The van der Waals surface area contributed by atoms with Gasteiger partial charge in [0, 0.05) is 6.54 Å². The second-order valence-corrected chi connectivity index (χ2v) is 4.36. The maximum Gasteiger partial charge on any atom is 0.227 e. The molecular weight excluding hydrogens is 219 g/mol. The van der Waals surface area contributed by atoms with Crippen LogP contribution in [0.5, 0.6) is 0 Å². The van der Waals surface area contributed by atoms with Crippen molar-refractivity contribution in [1.82, 2.24) is 5.32 Å². The van der Waals surface area contributed by atoms with E-state index in [0.717, 1.165) is 0 Å². The molecule has 0 aliphatic rings. The molecule has 1 amide bonds. The third-order valence-electron chi connectivity index (χ3n) is 2.77. The molecule has 0 spiro atoms. The van der Waals surface area contributed by atoms with E-state index in [1.807, 2.05) is 6.92 Å². The molecular formula is C13H19FN2O. The van der Waals surface area contributed by atoms with E-state index in [-0.39, 0.29) is 23.6 Å². The van der Waals surface area contributed by atoms with Gasteiger partial charge < -0.3 is 11.1 Å². The number of amides is 1. The van der Waals surface area contributed by atoms with Crippen LogP contribution in [0.1, 0.15) is 25.3 Å². The van der Waals surface area contributed by atoms with Crippen LogP contribution >= 0.6 is 0 Å². The lowest BCUT2D eigenvalue weighted by molar-refractivity contribution is -0.122. The number of rotatable bonds is 5. The van der Waals surface area contributed by atoms with Crippen molar-refractivity contribution in [2.24, 2.45) is 11.7 Å². The third-order valence-corrected chi connectivity index (χ3v) is 2.77. The number of nitrogens with one attached hydrogen (secondary N) is 1. The minimum atomic E-state index is -0.351. The summed E-state index contributed by atoms with van der Waals surface area (Å²) in [6, 6.07) is 6.11. The van der Waals surface area contributed by atoms with Crippen LogP contribution in [-0.4, -0.2) is 19.0 Å². The second-order valence-electron chi connectivity index (χ2n) is 4.36. The third kappa shape index (κ3) is 4.15. The highest BCUT2D eigenvalue weighted by atomic mass is 19.1. The predicted molar refractivity (Wildman–Crippen MR) is 66.0 cm³/mol. The zero-order chi connectivity index (χ0) is 12.8. The number of hydrogen-bond donors (Lipinski definition) is 2. The lowest BCUT2D eigenvalue weighted by atomic mass is 10.00. The molecule has 1 aromatic carbocycles. The first-order valence-electron chi connectivity index (χ1n) is 5.77. The summed E-state index contributed by atoms with van der Waals surface area (Å²) in [5, 5.41) is 2.81. The van der Waals surface area contributed by atoms with Gasteiger partial charge in [-0.05, 0) is 37.1 Å². The van der Waals surface area contributed by atoms with Gasteiger partial charge in [-0.15, -0.1) is 0 Å². The summed E-state index contributed by atoms with van der Waals surface area (Å²) < 4.78 is 13.0. The molecule has 2 atom stereocenters. The molecule has 17 heavy (non-hydrogen) atoms. The average Bonchev–Trinajstić information content (AvgIpc) is 2.34. The fraction of sp³-hybridized carbons (Fsp3) is 0.462. The van der Waals surface area contributed by atoms with Crippen molar-refractivity contribution < 1.29 is 9.18 Å². The summed E-state index contributed by atoms with van der Waals surface area (Å²) in [6.45, 7) is 4.81. The highest BCUT2D eigenvalue weighted by Crippen LogP contribution is 2.16. The van der Waals surface area contributed by atoms with Crippen molar-refractivity contribution >= 4 is 5.91 Å². The van der Waals surface area contributed by atoms with Crippen molar-refractivity contribution in [2.75, 3.05) is 13.1 Å². The molecule has 1 aromatic rings. The summed E-state index contributed by atoms with van der Waals surface area (Å²) in [5.41, 5.74) is 6.15. The molecule has 0 heterocycles. The molecule has 0 radical (unpaired) electrons. The molecule has 0 saturated heterocycles. The van der Waals surface area contributed by atoms with E-state index in [9.17, 15) is 9.18 Å². The van der Waals surface area contributed by atoms with Crippen LogP contribution in [0.3, 0.4) is 0 Å². The number of carbonyl (C=O) groups excluding carboxylic acids is 1. The van der Waals surface area contributed by atoms with Gasteiger partial charge in [-0.3, -0.25) is 4.79 Å². The Labute approximate surface area is 101 Å². The van der Waals surface area contributed by atoms with Crippen molar-refractivity contribution in [2.45, 2.75) is 19.8 Å². The Morgan fingerprint density at radius 2 is 2.18 bits per heavy atom. The zero-order valence-corrected chi connectivity index (χ0v) is 10.2. The maximum absolute atomic E-state index is 13.0. The summed E-state index contributed by atoms with van der Waals surface area (Å²) >= 11 is 0. The Balaban J connectivity index is 2.57. The maximum atomic E-state index is 13.0. The Bertz CT molecular complexity index is 381. The summed E-state index contributed by atoms with van der Waals surface area (Å²) in [6.07, 6.45) is 0. The van der Waals surface area contributed by atoms with Gasteiger partial charge in [-0.1, -0.05) is 19.1 Å². The first kappa shape index (κ1) is 13.6. The summed E-state index contributed by atoms with van der Waals surface area (Å²) in [7, 11) is 0. The van der Waals surface area contributed by atoms with E-state index in [0.29, 0.717) is 18.7 Å². The number of hydrogen-bond acceptors (Lipinski definition) is 2. The SMILES string of the molecule is CC(CN)CNC(=O)C(C)c1cccc(F)c1. The highest BCUT2D eigenvalue weighted by Gasteiger charge is 2.15. The topological polar surface area (TPSA) is 55.1 Å². The van der Waals surface area contributed by atoms with Crippen molar-refractivity contribution in [1.29, 1.82) is 0 Å². The van der Waals surface area contributed by atoms with Gasteiger partial charge in [0.15, 0.2) is 0 Å². The van der Waals surface area contributed by atoms with Crippen LogP contribution in [0, 0.1) is 11.7 Å². The highest BCUT2D eigenvalue weighted by molar-refractivity contribution is 5.83.